The van der Waals surface area contributed by atoms with Gasteiger partial charge in [0.2, 0.25) is 6.29 Å². The van der Waals surface area contributed by atoms with Crippen molar-refractivity contribution in [1.82, 2.24) is 15.0 Å². The average Bonchev–Trinajstić information content (AvgIpc) is 2.90. The second-order valence-electron chi connectivity index (χ2n) is 9.68. The Labute approximate surface area is 234 Å². The van der Waals surface area contributed by atoms with E-state index in [1.807, 2.05) is 12.1 Å². The summed E-state index contributed by atoms with van der Waals surface area (Å²) in [6, 6.07) is 9.95. The van der Waals surface area contributed by atoms with Crippen molar-refractivity contribution in [2.75, 3.05) is 25.2 Å². The standard InChI is InChI=1S/C28H34N4O7S/c1-7-36-25(19-37-40(34,35)23-10-8-9-20(2)15-23)38-26-30-17-22(18-31-26)12-11-21-13-14-24(29-16-21)32(6)27(33)39-28(3,4)5/h8-18,25H,7,19H2,1-6H3/b12-11+. The van der Waals surface area contributed by atoms with E-state index in [1.54, 1.807) is 84.5 Å². The van der Waals surface area contributed by atoms with Crippen molar-refractivity contribution in [3.8, 4) is 6.01 Å². The fraction of sp³-hybridized carbons (Fsp3) is 0.357. The molecule has 1 atom stereocenters. The summed E-state index contributed by atoms with van der Waals surface area (Å²) in [5, 5.41) is 0. The van der Waals surface area contributed by atoms with E-state index in [4.69, 9.17) is 18.4 Å². The first-order chi connectivity index (χ1) is 18.9. The summed E-state index contributed by atoms with van der Waals surface area (Å²) in [6.45, 7) is 8.83. The van der Waals surface area contributed by atoms with Gasteiger partial charge in [-0.15, -0.1) is 0 Å². The second kappa shape index (κ2) is 13.5. The lowest BCUT2D eigenvalue weighted by molar-refractivity contribution is -0.100. The van der Waals surface area contributed by atoms with Crippen molar-refractivity contribution in [3.05, 3.63) is 71.7 Å². The van der Waals surface area contributed by atoms with E-state index in [1.165, 1.54) is 17.0 Å². The molecule has 12 heteroatoms. The van der Waals surface area contributed by atoms with Crippen molar-refractivity contribution in [3.63, 3.8) is 0 Å². The van der Waals surface area contributed by atoms with Gasteiger partial charge in [-0.25, -0.2) is 19.7 Å². The van der Waals surface area contributed by atoms with Gasteiger partial charge in [0.25, 0.3) is 10.1 Å². The van der Waals surface area contributed by atoms with Crippen LogP contribution in [0.3, 0.4) is 0 Å². The minimum absolute atomic E-state index is 0.00310. The van der Waals surface area contributed by atoms with Crippen LogP contribution in [0.15, 0.2) is 59.9 Å². The number of aromatic nitrogens is 3. The third-order valence-corrected chi connectivity index (χ3v) is 6.40. The van der Waals surface area contributed by atoms with E-state index < -0.39 is 28.1 Å². The molecule has 2 aromatic heterocycles. The molecule has 0 N–H and O–H groups in total. The number of benzene rings is 1. The quantitative estimate of drug-likeness (QED) is 0.232. The maximum Gasteiger partial charge on any atom is 0.415 e. The molecule has 1 unspecified atom stereocenters. The Balaban J connectivity index is 1.58. The van der Waals surface area contributed by atoms with Crippen molar-refractivity contribution in [1.29, 1.82) is 0 Å². The summed E-state index contributed by atoms with van der Waals surface area (Å²) in [5.41, 5.74) is 1.68. The minimum atomic E-state index is -3.99. The van der Waals surface area contributed by atoms with Gasteiger partial charge < -0.3 is 14.2 Å². The number of ether oxygens (including phenoxy) is 3. The van der Waals surface area contributed by atoms with Crippen LogP contribution in [0.4, 0.5) is 10.6 Å². The molecule has 1 amide bonds. The highest BCUT2D eigenvalue weighted by Gasteiger charge is 2.22. The zero-order chi connectivity index (χ0) is 29.3. The molecule has 2 heterocycles. The van der Waals surface area contributed by atoms with E-state index in [0.29, 0.717) is 11.4 Å². The topological polar surface area (TPSA) is 130 Å². The van der Waals surface area contributed by atoms with Crippen LogP contribution in [-0.4, -0.2) is 61.6 Å². The largest absolute Gasteiger partial charge is 0.443 e. The first kappa shape index (κ1) is 30.7. The number of pyridine rings is 1. The molecule has 0 saturated carbocycles. The van der Waals surface area contributed by atoms with Gasteiger partial charge in [-0.05, 0) is 70.0 Å². The third-order valence-electron chi connectivity index (χ3n) is 5.13. The van der Waals surface area contributed by atoms with Gasteiger partial charge in [0.05, 0.1) is 4.90 Å². The molecule has 0 spiro atoms. The number of aryl methyl sites for hydroxylation is 1. The first-order valence-corrected chi connectivity index (χ1v) is 13.9. The molecule has 0 aliphatic carbocycles. The molecule has 40 heavy (non-hydrogen) atoms. The number of amides is 1. The number of nitrogens with zero attached hydrogens (tertiary/aromatic N) is 4. The summed E-state index contributed by atoms with van der Waals surface area (Å²) < 4.78 is 46.6. The van der Waals surface area contributed by atoms with Crippen LogP contribution < -0.4 is 9.64 Å². The van der Waals surface area contributed by atoms with E-state index in [2.05, 4.69) is 15.0 Å². The molecular formula is C28H34N4O7S. The van der Waals surface area contributed by atoms with Crippen LogP contribution in [0.1, 0.15) is 44.4 Å². The van der Waals surface area contributed by atoms with Crippen LogP contribution in [0.5, 0.6) is 6.01 Å². The van der Waals surface area contributed by atoms with Gasteiger partial charge in [-0.2, -0.15) is 8.42 Å². The van der Waals surface area contributed by atoms with Crippen LogP contribution in [0.25, 0.3) is 12.2 Å². The van der Waals surface area contributed by atoms with E-state index in [9.17, 15) is 13.2 Å². The van der Waals surface area contributed by atoms with Crippen LogP contribution in [-0.2, 0) is 23.8 Å². The fourth-order valence-corrected chi connectivity index (χ4v) is 4.19. The molecular weight excluding hydrogens is 536 g/mol. The van der Waals surface area contributed by atoms with Gasteiger partial charge in [-0.3, -0.25) is 9.08 Å². The molecule has 0 saturated heterocycles. The lowest BCUT2D eigenvalue weighted by Crippen LogP contribution is -2.34. The number of carbonyl (C=O) groups excluding carboxylic acids is 1. The van der Waals surface area contributed by atoms with E-state index in [-0.39, 0.29) is 24.1 Å². The highest BCUT2D eigenvalue weighted by atomic mass is 32.2. The van der Waals surface area contributed by atoms with E-state index >= 15 is 0 Å². The Bertz CT molecular complexity index is 1400. The molecule has 3 rings (SSSR count). The summed E-state index contributed by atoms with van der Waals surface area (Å²) in [5.74, 6) is 0.454. The van der Waals surface area contributed by atoms with Crippen molar-refractivity contribution in [2.24, 2.45) is 0 Å². The Morgan fingerprint density at radius 2 is 1.70 bits per heavy atom. The predicted octanol–water partition coefficient (Wildman–Crippen LogP) is 4.87. The smallest absolute Gasteiger partial charge is 0.415 e. The van der Waals surface area contributed by atoms with Gasteiger partial charge >= 0.3 is 12.1 Å². The van der Waals surface area contributed by atoms with E-state index in [0.717, 1.165) is 11.1 Å². The van der Waals surface area contributed by atoms with Crippen molar-refractivity contribution < 1.29 is 31.6 Å². The van der Waals surface area contributed by atoms with Crippen molar-refractivity contribution in [2.45, 2.75) is 51.4 Å². The maximum absolute atomic E-state index is 12.5. The number of carbonyl (C=O) groups is 1. The van der Waals surface area contributed by atoms with Crippen molar-refractivity contribution >= 4 is 34.2 Å². The SMILES string of the molecule is CCOC(COS(=O)(=O)c1cccc(C)c1)Oc1ncc(/C=C/c2ccc(N(C)C(=O)OC(C)(C)C)nc2)cn1. The first-order valence-electron chi connectivity index (χ1n) is 12.5. The van der Waals surface area contributed by atoms with Gasteiger partial charge in [0.15, 0.2) is 0 Å². The minimum Gasteiger partial charge on any atom is -0.443 e. The zero-order valence-electron chi connectivity index (χ0n) is 23.4. The summed E-state index contributed by atoms with van der Waals surface area (Å²) in [6.07, 6.45) is 6.80. The van der Waals surface area contributed by atoms with Gasteiger partial charge in [0, 0.05) is 37.8 Å². The maximum atomic E-state index is 12.5. The molecule has 0 aliphatic heterocycles. The van der Waals surface area contributed by atoms with Crippen LogP contribution >= 0.6 is 0 Å². The van der Waals surface area contributed by atoms with Gasteiger partial charge in [0.1, 0.15) is 18.0 Å². The lowest BCUT2D eigenvalue weighted by atomic mass is 10.2. The molecule has 3 aromatic rings. The van der Waals surface area contributed by atoms with Crippen LogP contribution in [0.2, 0.25) is 0 Å². The summed E-state index contributed by atoms with van der Waals surface area (Å²) in [7, 11) is -2.39. The fourth-order valence-electron chi connectivity index (χ4n) is 3.19. The molecule has 0 bridgehead atoms. The molecule has 1 aromatic carbocycles. The number of anilines is 1. The van der Waals surface area contributed by atoms with Gasteiger partial charge in [-0.1, -0.05) is 24.3 Å². The normalized spacial score (nSPS) is 12.8. The summed E-state index contributed by atoms with van der Waals surface area (Å²) >= 11 is 0. The average molecular weight is 571 g/mol. The highest BCUT2D eigenvalue weighted by Crippen LogP contribution is 2.18. The second-order valence-corrected chi connectivity index (χ2v) is 11.3. The monoisotopic (exact) mass is 570 g/mol. The number of hydrogen-bond acceptors (Lipinski definition) is 10. The lowest BCUT2D eigenvalue weighted by Gasteiger charge is -2.24. The predicted molar refractivity (Wildman–Crippen MR) is 150 cm³/mol. The molecule has 11 nitrogen and oxygen atoms in total. The van der Waals surface area contributed by atoms with Crippen LogP contribution in [0, 0.1) is 6.92 Å². The number of rotatable bonds is 11. The Morgan fingerprint density at radius 3 is 2.30 bits per heavy atom. The number of hydrogen-bond donors (Lipinski definition) is 0. The molecule has 214 valence electrons. The zero-order valence-corrected chi connectivity index (χ0v) is 24.2. The Morgan fingerprint density at radius 1 is 1.02 bits per heavy atom. The molecule has 0 radical (unpaired) electrons. The Hall–Kier alpha value is -3.87. The highest BCUT2D eigenvalue weighted by molar-refractivity contribution is 7.86. The molecule has 0 fully saturated rings. The Kier molecular flexibility index (Phi) is 10.3. The molecule has 0 aliphatic rings. The third kappa shape index (κ3) is 9.40. The summed E-state index contributed by atoms with van der Waals surface area (Å²) in [4.78, 5) is 26.3.